The molecule has 0 amide bonds. The smallest absolute Gasteiger partial charge is 0.161 e. The number of hydrogen-bond acceptors (Lipinski definition) is 4. The van der Waals surface area contributed by atoms with Crippen LogP contribution in [0.3, 0.4) is 0 Å². The van der Waals surface area contributed by atoms with Crippen molar-refractivity contribution in [3.8, 4) is 34.4 Å². The minimum atomic E-state index is 0.611. The van der Waals surface area contributed by atoms with Gasteiger partial charge in [-0.2, -0.15) is 5.26 Å². The Morgan fingerprint density at radius 1 is 1.06 bits per heavy atom. The third kappa shape index (κ3) is 2.87. The zero-order chi connectivity index (χ0) is 22.8. The molecule has 0 radical (unpaired) electrons. The molecule has 2 atom stereocenters. The molecule has 6 nitrogen and oxygen atoms in total. The Labute approximate surface area is 199 Å². The van der Waals surface area contributed by atoms with Crippen molar-refractivity contribution in [1.82, 2.24) is 19.4 Å². The molecule has 2 aromatic carbocycles. The van der Waals surface area contributed by atoms with E-state index < -0.39 is 0 Å². The maximum atomic E-state index is 9.15. The lowest BCUT2D eigenvalue weighted by molar-refractivity contribution is 0.601. The third-order valence-electron chi connectivity index (χ3n) is 7.78. The molecule has 7 rings (SSSR count). The monoisotopic (exact) mass is 446 g/mol. The zero-order valence-electron chi connectivity index (χ0n) is 19.2. The average molecular weight is 447 g/mol. The van der Waals surface area contributed by atoms with Crippen molar-refractivity contribution in [1.29, 1.82) is 5.26 Å². The van der Waals surface area contributed by atoms with E-state index in [1.54, 1.807) is 0 Å². The summed E-state index contributed by atoms with van der Waals surface area (Å²) in [7, 11) is 0. The summed E-state index contributed by atoms with van der Waals surface area (Å²) in [6, 6.07) is 20.5. The van der Waals surface area contributed by atoms with Crippen LogP contribution in [-0.4, -0.2) is 39.3 Å². The molecule has 3 aliphatic rings. The number of anilines is 1. The summed E-state index contributed by atoms with van der Waals surface area (Å²) in [6.45, 7) is 5.18. The largest absolute Gasteiger partial charge is 0.367 e. The van der Waals surface area contributed by atoms with Gasteiger partial charge >= 0.3 is 0 Å². The number of rotatable bonds is 2. The summed E-state index contributed by atoms with van der Waals surface area (Å²) in [5.74, 6) is 0.977. The maximum Gasteiger partial charge on any atom is 0.161 e. The molecule has 34 heavy (non-hydrogen) atoms. The first-order valence-corrected chi connectivity index (χ1v) is 12.1. The summed E-state index contributed by atoms with van der Waals surface area (Å²) < 4.78 is 4.62. The summed E-state index contributed by atoms with van der Waals surface area (Å²) in [4.78, 5) is 7.42. The van der Waals surface area contributed by atoms with Crippen LogP contribution in [0.15, 0.2) is 60.9 Å². The van der Waals surface area contributed by atoms with Crippen molar-refractivity contribution >= 4 is 5.69 Å². The van der Waals surface area contributed by atoms with Gasteiger partial charge in [0.2, 0.25) is 0 Å². The van der Waals surface area contributed by atoms with E-state index in [9.17, 15) is 0 Å². The van der Waals surface area contributed by atoms with E-state index in [0.29, 0.717) is 17.6 Å². The first-order chi connectivity index (χ1) is 16.7. The topological polar surface area (TPSA) is 61.8 Å². The van der Waals surface area contributed by atoms with Gasteiger partial charge in [-0.1, -0.05) is 12.1 Å². The van der Waals surface area contributed by atoms with Gasteiger partial charge in [0.25, 0.3) is 0 Å². The molecule has 3 aliphatic heterocycles. The number of nitrogens with zero attached hydrogens (tertiary/aromatic N) is 5. The van der Waals surface area contributed by atoms with Crippen molar-refractivity contribution < 1.29 is 0 Å². The Morgan fingerprint density at radius 3 is 2.79 bits per heavy atom. The molecule has 0 bridgehead atoms. The third-order valence-corrected chi connectivity index (χ3v) is 7.78. The fourth-order valence-electron chi connectivity index (χ4n) is 6.11. The standard InChI is InChI=1S/C28H26N6/c1-18-15-31-28-27-13-21(20-4-2-19(14-29)3-5-20)16-32(27)17-22-12-23(6-7-25(22)34(18)28)33-11-9-24-26(33)8-10-30-24/h2-7,12-13,15-16,24,26,30H,8-11,17H2,1H3/t24-,26-/m1/s1. The van der Waals surface area contributed by atoms with E-state index in [1.807, 2.05) is 30.5 Å². The van der Waals surface area contributed by atoms with Crippen LogP contribution in [0, 0.1) is 18.3 Å². The molecule has 6 heteroatoms. The summed E-state index contributed by atoms with van der Waals surface area (Å²) in [5.41, 5.74) is 9.06. The van der Waals surface area contributed by atoms with Gasteiger partial charge in [0, 0.05) is 54.5 Å². The van der Waals surface area contributed by atoms with Gasteiger partial charge in [0.15, 0.2) is 5.82 Å². The highest BCUT2D eigenvalue weighted by Crippen LogP contribution is 2.38. The molecule has 2 aromatic heterocycles. The fourth-order valence-corrected chi connectivity index (χ4v) is 6.11. The summed E-state index contributed by atoms with van der Waals surface area (Å²) in [6.07, 6.45) is 6.64. The van der Waals surface area contributed by atoms with Crippen LogP contribution in [0.4, 0.5) is 5.69 Å². The summed E-state index contributed by atoms with van der Waals surface area (Å²) >= 11 is 0. The van der Waals surface area contributed by atoms with Crippen LogP contribution in [-0.2, 0) is 6.54 Å². The number of nitrogens with one attached hydrogen (secondary N) is 1. The molecule has 2 saturated heterocycles. The first kappa shape index (κ1) is 19.6. The van der Waals surface area contributed by atoms with Gasteiger partial charge in [-0.15, -0.1) is 0 Å². The molecule has 5 heterocycles. The number of fused-ring (bicyclic) bond motifs is 6. The molecule has 0 saturated carbocycles. The van der Waals surface area contributed by atoms with Gasteiger partial charge in [-0.25, -0.2) is 4.98 Å². The Balaban J connectivity index is 1.34. The quantitative estimate of drug-likeness (QED) is 0.434. The van der Waals surface area contributed by atoms with E-state index in [-0.39, 0.29) is 0 Å². The van der Waals surface area contributed by atoms with Crippen molar-refractivity contribution in [2.45, 2.75) is 38.4 Å². The highest BCUT2D eigenvalue weighted by Gasteiger charge is 2.37. The number of nitriles is 1. The Kier molecular flexibility index (Phi) is 4.24. The molecular formula is C28H26N6. The number of benzene rings is 2. The second-order valence-corrected chi connectivity index (χ2v) is 9.70. The lowest BCUT2D eigenvalue weighted by atomic mass is 10.1. The Hall–Kier alpha value is -3.82. The van der Waals surface area contributed by atoms with Gasteiger partial charge in [-0.3, -0.25) is 4.57 Å². The van der Waals surface area contributed by atoms with Crippen molar-refractivity contribution in [3.05, 3.63) is 77.7 Å². The average Bonchev–Trinajstić information content (AvgIpc) is 3.62. The molecule has 0 unspecified atom stereocenters. The molecule has 0 aliphatic carbocycles. The predicted molar refractivity (Wildman–Crippen MR) is 133 cm³/mol. The van der Waals surface area contributed by atoms with Crippen molar-refractivity contribution in [3.63, 3.8) is 0 Å². The molecule has 2 fully saturated rings. The molecule has 4 aromatic rings. The van der Waals surface area contributed by atoms with E-state index in [1.165, 1.54) is 29.8 Å². The minimum Gasteiger partial charge on any atom is -0.367 e. The van der Waals surface area contributed by atoms with Crippen LogP contribution in [0.25, 0.3) is 28.3 Å². The minimum absolute atomic E-state index is 0.611. The normalized spacial score (nSPS) is 20.3. The molecular weight excluding hydrogens is 420 g/mol. The first-order valence-electron chi connectivity index (χ1n) is 12.1. The second kappa shape index (κ2) is 7.34. The summed E-state index contributed by atoms with van der Waals surface area (Å²) in [5, 5.41) is 12.8. The van der Waals surface area contributed by atoms with Gasteiger partial charge < -0.3 is 14.8 Å². The maximum absolute atomic E-state index is 9.15. The van der Waals surface area contributed by atoms with E-state index >= 15 is 0 Å². The number of hydrogen-bond donors (Lipinski definition) is 1. The highest BCUT2D eigenvalue weighted by atomic mass is 15.2. The van der Waals surface area contributed by atoms with Gasteiger partial charge in [0.1, 0.15) is 0 Å². The van der Waals surface area contributed by atoms with Crippen LogP contribution in [0.1, 0.15) is 29.7 Å². The highest BCUT2D eigenvalue weighted by molar-refractivity contribution is 5.73. The van der Waals surface area contributed by atoms with Gasteiger partial charge in [-0.05, 0) is 73.8 Å². The van der Waals surface area contributed by atoms with E-state index in [2.05, 4.69) is 62.8 Å². The molecule has 0 spiro atoms. The lowest BCUT2D eigenvalue weighted by Crippen LogP contribution is -2.34. The molecule has 168 valence electrons. The Bertz CT molecular complexity index is 1450. The van der Waals surface area contributed by atoms with Crippen LogP contribution < -0.4 is 10.2 Å². The number of aromatic nitrogens is 3. The van der Waals surface area contributed by atoms with E-state index in [4.69, 9.17) is 10.2 Å². The SMILES string of the molecule is Cc1cnc2n1-c1ccc(N3CC[C@H]4NCC[C@H]43)cc1Cn1cc(-c3ccc(C#N)cc3)cc1-2. The van der Waals surface area contributed by atoms with Crippen LogP contribution in [0.2, 0.25) is 0 Å². The van der Waals surface area contributed by atoms with E-state index in [0.717, 1.165) is 48.0 Å². The fraction of sp³-hybridized carbons (Fsp3) is 0.286. The second-order valence-electron chi connectivity index (χ2n) is 9.70. The van der Waals surface area contributed by atoms with Gasteiger partial charge in [0.05, 0.1) is 23.0 Å². The molecule has 1 N–H and O–H groups in total. The predicted octanol–water partition coefficient (Wildman–Crippen LogP) is 4.49. The van der Waals surface area contributed by atoms with Crippen molar-refractivity contribution in [2.75, 3.05) is 18.0 Å². The number of imidazole rings is 1. The van der Waals surface area contributed by atoms with Crippen LogP contribution >= 0.6 is 0 Å². The zero-order valence-corrected chi connectivity index (χ0v) is 19.2. The lowest BCUT2D eigenvalue weighted by Gasteiger charge is -2.27. The van der Waals surface area contributed by atoms with Crippen molar-refractivity contribution in [2.24, 2.45) is 0 Å². The number of aryl methyl sites for hydroxylation is 1. The van der Waals surface area contributed by atoms with Crippen LogP contribution in [0.5, 0.6) is 0 Å². The Morgan fingerprint density at radius 2 is 1.94 bits per heavy atom.